The standard InChI is InChI=1S/C25H33N5O3/c1-5-8-9-18(7-3)16-27-23(31)19-10-12-20(13-11-19)28-29-22-17(4)21(15-26)24(32)30(14-6-2)25(22)33/h10-13,18,32H,5-9,14,16H2,1-4H3,(H,27,31). The molecule has 0 fully saturated rings. The van der Waals surface area contributed by atoms with Gasteiger partial charge in [0.25, 0.3) is 11.5 Å². The maximum Gasteiger partial charge on any atom is 0.281 e. The zero-order valence-corrected chi connectivity index (χ0v) is 19.9. The van der Waals surface area contributed by atoms with Crippen molar-refractivity contribution in [1.82, 2.24) is 9.88 Å². The smallest absolute Gasteiger partial charge is 0.281 e. The number of aromatic hydroxyl groups is 1. The van der Waals surface area contributed by atoms with E-state index >= 15 is 0 Å². The molecule has 2 N–H and O–H groups in total. The lowest BCUT2D eigenvalue weighted by Gasteiger charge is -2.15. The SMILES string of the molecule is CCCCC(CC)CNC(=O)c1ccc(N=Nc2c(C)c(C#N)c(O)n(CCC)c2=O)cc1. The largest absolute Gasteiger partial charge is 0.493 e. The van der Waals surface area contributed by atoms with Gasteiger partial charge >= 0.3 is 0 Å². The predicted octanol–water partition coefficient (Wildman–Crippen LogP) is 5.51. The number of nitrogens with zero attached hydrogens (tertiary/aromatic N) is 4. The average molecular weight is 452 g/mol. The first-order chi connectivity index (χ1) is 15.9. The molecule has 0 bridgehead atoms. The highest BCUT2D eigenvalue weighted by Crippen LogP contribution is 2.27. The van der Waals surface area contributed by atoms with Crippen LogP contribution in [0.25, 0.3) is 0 Å². The van der Waals surface area contributed by atoms with Crippen molar-refractivity contribution in [2.24, 2.45) is 16.1 Å². The maximum absolute atomic E-state index is 12.7. The minimum absolute atomic E-state index is 0.00772. The molecule has 0 radical (unpaired) electrons. The van der Waals surface area contributed by atoms with E-state index in [1.165, 1.54) is 0 Å². The van der Waals surface area contributed by atoms with Crippen LogP contribution in [0, 0.1) is 24.2 Å². The van der Waals surface area contributed by atoms with Crippen LogP contribution >= 0.6 is 0 Å². The number of carbonyl (C=O) groups is 1. The Morgan fingerprint density at radius 2 is 1.88 bits per heavy atom. The zero-order valence-electron chi connectivity index (χ0n) is 19.9. The van der Waals surface area contributed by atoms with Gasteiger partial charge in [-0.25, -0.2) is 0 Å². The van der Waals surface area contributed by atoms with Gasteiger partial charge in [0.05, 0.1) is 5.69 Å². The van der Waals surface area contributed by atoms with Crippen molar-refractivity contribution in [1.29, 1.82) is 5.26 Å². The lowest BCUT2D eigenvalue weighted by molar-refractivity contribution is 0.0946. The van der Waals surface area contributed by atoms with Crippen molar-refractivity contribution >= 4 is 17.3 Å². The number of amides is 1. The summed E-state index contributed by atoms with van der Waals surface area (Å²) >= 11 is 0. The lowest BCUT2D eigenvalue weighted by atomic mass is 9.99. The molecule has 176 valence electrons. The Hall–Kier alpha value is -3.47. The van der Waals surface area contributed by atoms with Gasteiger partial charge in [-0.2, -0.15) is 10.4 Å². The number of pyridine rings is 1. The molecule has 0 saturated heterocycles. The van der Waals surface area contributed by atoms with Crippen LogP contribution < -0.4 is 10.9 Å². The summed E-state index contributed by atoms with van der Waals surface area (Å²) in [4.78, 5) is 25.2. The number of hydrogen-bond acceptors (Lipinski definition) is 6. The molecule has 1 unspecified atom stereocenters. The van der Waals surface area contributed by atoms with Gasteiger partial charge in [0.15, 0.2) is 5.69 Å². The van der Waals surface area contributed by atoms with Crippen LogP contribution in [-0.2, 0) is 6.54 Å². The fraction of sp³-hybridized carbons (Fsp3) is 0.480. The Balaban J connectivity index is 2.18. The van der Waals surface area contributed by atoms with Crippen molar-refractivity contribution in [3.05, 3.63) is 51.3 Å². The predicted molar refractivity (Wildman–Crippen MR) is 128 cm³/mol. The second-order valence-corrected chi connectivity index (χ2v) is 8.11. The molecule has 33 heavy (non-hydrogen) atoms. The van der Waals surface area contributed by atoms with Gasteiger partial charge in [-0.3, -0.25) is 14.2 Å². The van der Waals surface area contributed by atoms with Crippen LogP contribution in [0.5, 0.6) is 5.88 Å². The molecule has 8 heteroatoms. The highest BCUT2D eigenvalue weighted by atomic mass is 16.3. The number of unbranched alkanes of at least 4 members (excludes halogenated alkanes) is 1. The normalized spacial score (nSPS) is 12.0. The van der Waals surface area contributed by atoms with Gasteiger partial charge in [-0.1, -0.05) is 40.0 Å². The highest BCUT2D eigenvalue weighted by molar-refractivity contribution is 5.94. The molecule has 0 saturated carbocycles. The molecule has 1 aromatic carbocycles. The number of azo groups is 1. The molecule has 1 atom stereocenters. The first kappa shape index (κ1) is 25.8. The highest BCUT2D eigenvalue weighted by Gasteiger charge is 2.18. The molecule has 8 nitrogen and oxygen atoms in total. The average Bonchev–Trinajstić information content (AvgIpc) is 2.82. The Bertz CT molecular complexity index is 1080. The van der Waals surface area contributed by atoms with Crippen LogP contribution in [0.1, 0.15) is 74.4 Å². The minimum Gasteiger partial charge on any atom is -0.493 e. The Kier molecular flexibility index (Phi) is 9.80. The fourth-order valence-corrected chi connectivity index (χ4v) is 3.56. The molecular formula is C25H33N5O3. The van der Waals surface area contributed by atoms with Crippen LogP contribution in [0.4, 0.5) is 11.4 Å². The van der Waals surface area contributed by atoms with Crippen LogP contribution in [-0.4, -0.2) is 22.1 Å². The van der Waals surface area contributed by atoms with E-state index in [2.05, 4.69) is 29.4 Å². The number of nitrogens with one attached hydrogen (secondary N) is 1. The second-order valence-electron chi connectivity index (χ2n) is 8.11. The molecule has 0 spiro atoms. The maximum atomic E-state index is 12.7. The zero-order chi connectivity index (χ0) is 24.4. The molecule has 0 aliphatic rings. The molecule has 2 rings (SSSR count). The topological polar surface area (TPSA) is 120 Å². The van der Waals surface area contributed by atoms with Gasteiger partial charge in [-0.05, 0) is 49.9 Å². The summed E-state index contributed by atoms with van der Waals surface area (Å²) in [5.41, 5.74) is 0.788. The number of benzene rings is 1. The number of aromatic nitrogens is 1. The summed E-state index contributed by atoms with van der Waals surface area (Å²) < 4.78 is 1.14. The quantitative estimate of drug-likeness (QED) is 0.438. The van der Waals surface area contributed by atoms with Crippen LogP contribution in [0.3, 0.4) is 0 Å². The van der Waals surface area contributed by atoms with Gasteiger partial charge in [0.1, 0.15) is 11.6 Å². The van der Waals surface area contributed by atoms with Crippen molar-refractivity contribution in [2.45, 2.75) is 66.3 Å². The number of hydrogen-bond donors (Lipinski definition) is 2. The third-order valence-corrected chi connectivity index (χ3v) is 5.71. The number of rotatable bonds is 11. The molecule has 2 aromatic rings. The Morgan fingerprint density at radius 1 is 1.18 bits per heavy atom. The molecule has 1 heterocycles. The van der Waals surface area contributed by atoms with E-state index in [9.17, 15) is 20.0 Å². The Labute approximate surface area is 195 Å². The van der Waals surface area contributed by atoms with E-state index < -0.39 is 5.56 Å². The monoisotopic (exact) mass is 451 g/mol. The van der Waals surface area contributed by atoms with Gasteiger partial charge in [0, 0.05) is 24.2 Å². The fourth-order valence-electron chi connectivity index (χ4n) is 3.56. The van der Waals surface area contributed by atoms with E-state index in [4.69, 9.17) is 0 Å². The van der Waals surface area contributed by atoms with Crippen molar-refractivity contribution in [3.8, 4) is 11.9 Å². The third-order valence-electron chi connectivity index (χ3n) is 5.71. The summed E-state index contributed by atoms with van der Waals surface area (Å²) in [6, 6.07) is 8.56. The van der Waals surface area contributed by atoms with Crippen molar-refractivity contribution in [2.75, 3.05) is 6.54 Å². The van der Waals surface area contributed by atoms with Gasteiger partial charge in [0.2, 0.25) is 5.88 Å². The third kappa shape index (κ3) is 6.51. The van der Waals surface area contributed by atoms with E-state index in [0.29, 0.717) is 30.1 Å². The molecule has 0 aliphatic heterocycles. The summed E-state index contributed by atoms with van der Waals surface area (Å²) in [7, 11) is 0. The Morgan fingerprint density at radius 3 is 2.45 bits per heavy atom. The van der Waals surface area contributed by atoms with E-state index in [1.54, 1.807) is 31.2 Å². The van der Waals surface area contributed by atoms with E-state index in [0.717, 1.165) is 30.3 Å². The minimum atomic E-state index is -0.501. The lowest BCUT2D eigenvalue weighted by Crippen LogP contribution is -2.29. The second kappa shape index (κ2) is 12.5. The van der Waals surface area contributed by atoms with Crippen LogP contribution in [0.15, 0.2) is 39.3 Å². The number of nitriles is 1. The summed E-state index contributed by atoms with van der Waals surface area (Å²) in [6.45, 7) is 8.65. The van der Waals surface area contributed by atoms with Crippen molar-refractivity contribution in [3.63, 3.8) is 0 Å². The molecule has 1 aromatic heterocycles. The summed E-state index contributed by atoms with van der Waals surface area (Å²) in [5, 5.41) is 30.8. The molecular weight excluding hydrogens is 418 g/mol. The summed E-state index contributed by atoms with van der Waals surface area (Å²) in [5.74, 6) is -0.00863. The first-order valence-electron chi connectivity index (χ1n) is 11.5. The first-order valence-corrected chi connectivity index (χ1v) is 11.5. The van der Waals surface area contributed by atoms with Crippen LogP contribution in [0.2, 0.25) is 0 Å². The molecule has 1 amide bonds. The van der Waals surface area contributed by atoms with Crippen molar-refractivity contribution < 1.29 is 9.90 Å². The number of carbonyl (C=O) groups excluding carboxylic acids is 1. The van der Waals surface area contributed by atoms with Gasteiger partial charge < -0.3 is 10.4 Å². The summed E-state index contributed by atoms with van der Waals surface area (Å²) in [6.07, 6.45) is 5.06. The molecule has 0 aliphatic carbocycles. The van der Waals surface area contributed by atoms with Gasteiger partial charge in [-0.15, -0.1) is 5.11 Å². The van der Waals surface area contributed by atoms with E-state index in [-0.39, 0.29) is 35.1 Å². The van der Waals surface area contributed by atoms with E-state index in [1.807, 2.05) is 13.0 Å².